The Morgan fingerprint density at radius 1 is 1.15 bits per heavy atom. The van der Waals surface area contributed by atoms with Crippen LogP contribution >= 0.6 is 0 Å². The van der Waals surface area contributed by atoms with Crippen LogP contribution in [0.15, 0.2) is 55.1 Å². The second-order valence-corrected chi connectivity index (χ2v) is 8.62. The molecular weight excluding hydrogens is 431 g/mol. The van der Waals surface area contributed by atoms with Crippen LogP contribution in [0.1, 0.15) is 53.2 Å². The van der Waals surface area contributed by atoms with Crippen LogP contribution in [0.25, 0.3) is 22.2 Å². The Labute approximate surface area is 196 Å². The first-order valence-electron chi connectivity index (χ1n) is 11.4. The van der Waals surface area contributed by atoms with E-state index < -0.39 is 11.7 Å². The summed E-state index contributed by atoms with van der Waals surface area (Å²) in [6.07, 6.45) is 6.90. The molecule has 34 heavy (non-hydrogen) atoms. The summed E-state index contributed by atoms with van der Waals surface area (Å²) >= 11 is 0. The fourth-order valence-electron chi connectivity index (χ4n) is 4.16. The minimum Gasteiger partial charge on any atom is -0.369 e. The standard InChI is InChI=1S/C26H25FN6O/c1-15(18-4-3-5-19-24(26(34)28-2)20(27)13-31-25(18)19)12-30-23-11-22(32-14-33-23)17-8-9-29-21(10-17)16-6-7-16/h3-5,8-11,13-16H,6-7,12H2,1-2H3,(H,28,34)(H,30,32,33)/t15-/m1/s1. The SMILES string of the molecule is CNC(=O)c1c(F)cnc2c([C@H](C)CNc3cc(-c4ccnc(C5CC5)c4)ncn3)cccc12. The van der Waals surface area contributed by atoms with Crippen molar-refractivity contribution in [3.63, 3.8) is 0 Å². The van der Waals surface area contributed by atoms with Gasteiger partial charge >= 0.3 is 0 Å². The topological polar surface area (TPSA) is 92.7 Å². The van der Waals surface area contributed by atoms with Gasteiger partial charge in [-0.1, -0.05) is 25.1 Å². The van der Waals surface area contributed by atoms with Crippen LogP contribution in [0.5, 0.6) is 0 Å². The molecule has 172 valence electrons. The Hall–Kier alpha value is -3.94. The number of carbonyl (C=O) groups excluding carboxylic acids is 1. The summed E-state index contributed by atoms with van der Waals surface area (Å²) in [4.78, 5) is 29.8. The van der Waals surface area contributed by atoms with E-state index in [0.717, 1.165) is 28.7 Å². The lowest BCUT2D eigenvalue weighted by Crippen LogP contribution is -2.20. The molecule has 0 unspecified atom stereocenters. The highest BCUT2D eigenvalue weighted by molar-refractivity contribution is 6.06. The third kappa shape index (κ3) is 4.31. The van der Waals surface area contributed by atoms with E-state index in [2.05, 4.69) is 43.6 Å². The summed E-state index contributed by atoms with van der Waals surface area (Å²) in [5.74, 6) is 0.213. The first-order chi connectivity index (χ1) is 16.5. The second kappa shape index (κ2) is 9.13. The molecule has 3 aromatic heterocycles. The number of carbonyl (C=O) groups is 1. The number of benzene rings is 1. The molecule has 0 radical (unpaired) electrons. The van der Waals surface area contributed by atoms with E-state index in [4.69, 9.17) is 0 Å². The first kappa shape index (κ1) is 21.9. The van der Waals surface area contributed by atoms with Gasteiger partial charge in [-0.25, -0.2) is 14.4 Å². The maximum absolute atomic E-state index is 14.4. The van der Waals surface area contributed by atoms with E-state index >= 15 is 0 Å². The monoisotopic (exact) mass is 456 g/mol. The number of para-hydroxylation sites is 1. The summed E-state index contributed by atoms with van der Waals surface area (Å²) in [7, 11) is 1.49. The van der Waals surface area contributed by atoms with Gasteiger partial charge in [0.15, 0.2) is 5.82 Å². The summed E-state index contributed by atoms with van der Waals surface area (Å²) in [6, 6.07) is 11.5. The Kier molecular flexibility index (Phi) is 5.88. The van der Waals surface area contributed by atoms with Crippen molar-refractivity contribution in [2.75, 3.05) is 18.9 Å². The van der Waals surface area contributed by atoms with Crippen LogP contribution in [0.3, 0.4) is 0 Å². The van der Waals surface area contributed by atoms with E-state index in [1.807, 2.05) is 30.5 Å². The molecule has 0 bridgehead atoms. The lowest BCUT2D eigenvalue weighted by molar-refractivity contribution is 0.0960. The predicted molar refractivity (Wildman–Crippen MR) is 129 cm³/mol. The molecule has 1 aromatic carbocycles. The van der Waals surface area contributed by atoms with Crippen molar-refractivity contribution in [3.8, 4) is 11.3 Å². The van der Waals surface area contributed by atoms with E-state index in [1.165, 1.54) is 19.9 Å². The quantitative estimate of drug-likeness (QED) is 0.420. The lowest BCUT2D eigenvalue weighted by Gasteiger charge is -2.17. The molecular formula is C26H25FN6O. The van der Waals surface area contributed by atoms with E-state index in [-0.39, 0.29) is 11.5 Å². The predicted octanol–water partition coefficient (Wildman–Crippen LogP) is 4.68. The Balaban J connectivity index is 1.37. The number of hydrogen-bond acceptors (Lipinski definition) is 6. The van der Waals surface area contributed by atoms with Gasteiger partial charge in [0, 0.05) is 54.3 Å². The van der Waals surface area contributed by atoms with Crippen molar-refractivity contribution in [1.29, 1.82) is 0 Å². The molecule has 8 heteroatoms. The first-order valence-corrected chi connectivity index (χ1v) is 11.4. The van der Waals surface area contributed by atoms with E-state index in [1.54, 1.807) is 12.4 Å². The minimum absolute atomic E-state index is 0.0119. The van der Waals surface area contributed by atoms with Gasteiger partial charge in [0.2, 0.25) is 0 Å². The maximum atomic E-state index is 14.4. The number of nitrogens with zero attached hydrogens (tertiary/aromatic N) is 4. The Bertz CT molecular complexity index is 1370. The summed E-state index contributed by atoms with van der Waals surface area (Å²) < 4.78 is 14.4. The van der Waals surface area contributed by atoms with Gasteiger partial charge in [0.25, 0.3) is 5.91 Å². The third-order valence-electron chi connectivity index (χ3n) is 6.20. The number of aromatic nitrogens is 4. The molecule has 1 aliphatic carbocycles. The van der Waals surface area contributed by atoms with Crippen molar-refractivity contribution in [2.45, 2.75) is 31.6 Å². The lowest BCUT2D eigenvalue weighted by atomic mass is 9.96. The van der Waals surface area contributed by atoms with Gasteiger partial charge < -0.3 is 10.6 Å². The maximum Gasteiger partial charge on any atom is 0.254 e. The van der Waals surface area contributed by atoms with Crippen LogP contribution in [0.4, 0.5) is 10.2 Å². The van der Waals surface area contributed by atoms with Crippen molar-refractivity contribution in [1.82, 2.24) is 25.3 Å². The number of hydrogen-bond donors (Lipinski definition) is 2. The molecule has 0 saturated heterocycles. The summed E-state index contributed by atoms with van der Waals surface area (Å²) in [5.41, 5.74) is 4.54. The molecule has 0 aliphatic heterocycles. The van der Waals surface area contributed by atoms with Crippen LogP contribution in [-0.4, -0.2) is 39.4 Å². The molecule has 7 nitrogen and oxygen atoms in total. The highest BCUT2D eigenvalue weighted by Crippen LogP contribution is 2.39. The van der Waals surface area contributed by atoms with Gasteiger partial charge in [0.05, 0.1) is 23.0 Å². The van der Waals surface area contributed by atoms with E-state index in [9.17, 15) is 9.18 Å². The van der Waals surface area contributed by atoms with Crippen LogP contribution in [0.2, 0.25) is 0 Å². The smallest absolute Gasteiger partial charge is 0.254 e. The highest BCUT2D eigenvalue weighted by atomic mass is 19.1. The number of pyridine rings is 2. The molecule has 4 aromatic rings. The van der Waals surface area contributed by atoms with Gasteiger partial charge in [-0.3, -0.25) is 14.8 Å². The zero-order valence-electron chi connectivity index (χ0n) is 19.0. The van der Waals surface area contributed by atoms with Crippen molar-refractivity contribution in [3.05, 3.63) is 77.8 Å². The summed E-state index contributed by atoms with van der Waals surface area (Å²) in [6.45, 7) is 2.63. The average Bonchev–Trinajstić information content (AvgIpc) is 3.72. The van der Waals surface area contributed by atoms with Gasteiger partial charge in [-0.2, -0.15) is 0 Å². The largest absolute Gasteiger partial charge is 0.369 e. The van der Waals surface area contributed by atoms with Gasteiger partial charge in [-0.15, -0.1) is 0 Å². The minimum atomic E-state index is -0.635. The summed E-state index contributed by atoms with van der Waals surface area (Å²) in [5, 5.41) is 6.38. The van der Waals surface area contributed by atoms with Gasteiger partial charge in [-0.05, 0) is 30.5 Å². The molecule has 1 fully saturated rings. The molecule has 1 saturated carbocycles. The zero-order chi connectivity index (χ0) is 23.7. The molecule has 1 atom stereocenters. The van der Waals surface area contributed by atoms with Gasteiger partial charge in [0.1, 0.15) is 12.1 Å². The Morgan fingerprint density at radius 2 is 2.00 bits per heavy atom. The van der Waals surface area contributed by atoms with Crippen LogP contribution in [-0.2, 0) is 0 Å². The number of amides is 1. The molecule has 3 heterocycles. The van der Waals surface area contributed by atoms with Crippen LogP contribution in [0, 0.1) is 5.82 Å². The van der Waals surface area contributed by atoms with Crippen molar-refractivity contribution in [2.24, 2.45) is 0 Å². The number of halogens is 1. The molecule has 5 rings (SSSR count). The average molecular weight is 457 g/mol. The molecule has 0 spiro atoms. The molecule has 2 N–H and O–H groups in total. The van der Waals surface area contributed by atoms with E-state index in [0.29, 0.717) is 29.2 Å². The zero-order valence-corrected chi connectivity index (χ0v) is 19.0. The number of nitrogens with one attached hydrogen (secondary N) is 2. The fraction of sp³-hybridized carbons (Fsp3) is 0.269. The Morgan fingerprint density at radius 3 is 2.79 bits per heavy atom. The van der Waals surface area contributed by atoms with Crippen molar-refractivity contribution >= 4 is 22.6 Å². The number of fused-ring (bicyclic) bond motifs is 1. The fourth-order valence-corrected chi connectivity index (χ4v) is 4.16. The third-order valence-corrected chi connectivity index (χ3v) is 6.20. The molecule has 1 aliphatic rings. The number of rotatable bonds is 7. The molecule has 1 amide bonds. The van der Waals surface area contributed by atoms with Crippen LogP contribution < -0.4 is 10.6 Å². The second-order valence-electron chi connectivity index (χ2n) is 8.62. The highest BCUT2D eigenvalue weighted by Gasteiger charge is 2.25. The van der Waals surface area contributed by atoms with Crippen molar-refractivity contribution < 1.29 is 9.18 Å². The number of anilines is 1. The normalized spacial score (nSPS) is 14.1.